The van der Waals surface area contributed by atoms with Gasteiger partial charge in [0.1, 0.15) is 0 Å². The van der Waals surface area contributed by atoms with E-state index in [4.69, 9.17) is 9.47 Å². The number of rotatable bonds is 9. The molecule has 2 fully saturated rings. The Kier molecular flexibility index (Phi) is 5.67. The monoisotopic (exact) mass is 269 g/mol. The van der Waals surface area contributed by atoms with Gasteiger partial charge in [0.05, 0.1) is 6.10 Å². The molecule has 1 heterocycles. The molecule has 0 aromatic rings. The van der Waals surface area contributed by atoms with Gasteiger partial charge in [-0.15, -0.1) is 0 Å². The minimum atomic E-state index is 0.370. The highest BCUT2D eigenvalue weighted by molar-refractivity contribution is 5.00. The van der Waals surface area contributed by atoms with Crippen LogP contribution in [0.1, 0.15) is 46.0 Å². The second kappa shape index (κ2) is 7.05. The Hall–Kier alpha value is -0.120. The maximum absolute atomic E-state index is 6.10. The third-order valence-electron chi connectivity index (χ3n) is 4.60. The van der Waals surface area contributed by atoms with Gasteiger partial charge in [0, 0.05) is 32.3 Å². The third kappa shape index (κ3) is 4.17. The zero-order valence-electron chi connectivity index (χ0n) is 12.9. The Morgan fingerprint density at radius 1 is 1.37 bits per heavy atom. The molecule has 0 radical (unpaired) electrons. The molecule has 112 valence electrons. The molecule has 1 N–H and O–H groups in total. The smallest absolute Gasteiger partial charge is 0.0672 e. The van der Waals surface area contributed by atoms with Gasteiger partial charge >= 0.3 is 0 Å². The molecule has 2 aliphatic rings. The molecule has 1 saturated heterocycles. The summed E-state index contributed by atoms with van der Waals surface area (Å²) in [5.74, 6) is 1.56. The SMILES string of the molecule is COCCCC1(CNCC(C)C)CCOC1C1CC1. The molecule has 0 amide bonds. The largest absolute Gasteiger partial charge is 0.385 e. The van der Waals surface area contributed by atoms with Crippen LogP contribution in [-0.2, 0) is 9.47 Å². The number of hydrogen-bond acceptors (Lipinski definition) is 3. The first-order valence-corrected chi connectivity index (χ1v) is 7.99. The van der Waals surface area contributed by atoms with Gasteiger partial charge in [-0.25, -0.2) is 0 Å². The zero-order valence-corrected chi connectivity index (χ0v) is 12.9. The molecule has 1 aliphatic carbocycles. The van der Waals surface area contributed by atoms with Crippen LogP contribution >= 0.6 is 0 Å². The van der Waals surface area contributed by atoms with Crippen LogP contribution in [0.5, 0.6) is 0 Å². The molecule has 1 saturated carbocycles. The summed E-state index contributed by atoms with van der Waals surface area (Å²) in [5.41, 5.74) is 0.370. The predicted molar refractivity (Wildman–Crippen MR) is 78.3 cm³/mol. The fourth-order valence-electron chi connectivity index (χ4n) is 3.47. The van der Waals surface area contributed by atoms with Gasteiger partial charge in [0.2, 0.25) is 0 Å². The van der Waals surface area contributed by atoms with E-state index in [9.17, 15) is 0 Å². The summed E-state index contributed by atoms with van der Waals surface area (Å²) in [4.78, 5) is 0. The number of hydrogen-bond donors (Lipinski definition) is 1. The van der Waals surface area contributed by atoms with Crippen molar-refractivity contribution in [3.05, 3.63) is 0 Å². The topological polar surface area (TPSA) is 30.5 Å². The molecule has 1 aliphatic heterocycles. The molecule has 2 unspecified atom stereocenters. The molecule has 19 heavy (non-hydrogen) atoms. The van der Waals surface area contributed by atoms with Crippen LogP contribution in [0.4, 0.5) is 0 Å². The number of nitrogens with one attached hydrogen (secondary N) is 1. The standard InChI is InChI=1S/C16H31NO2/c1-13(2)11-17-12-16(7-4-9-18-3)8-10-19-15(16)14-5-6-14/h13-15,17H,4-12H2,1-3H3. The molecular weight excluding hydrogens is 238 g/mol. The number of ether oxygens (including phenoxy) is 2. The van der Waals surface area contributed by atoms with Crippen LogP contribution in [0, 0.1) is 17.3 Å². The minimum Gasteiger partial charge on any atom is -0.385 e. The van der Waals surface area contributed by atoms with Crippen molar-refractivity contribution in [2.75, 3.05) is 33.4 Å². The minimum absolute atomic E-state index is 0.370. The van der Waals surface area contributed by atoms with Crippen molar-refractivity contribution < 1.29 is 9.47 Å². The molecule has 0 aromatic carbocycles. The summed E-state index contributed by atoms with van der Waals surface area (Å²) >= 11 is 0. The van der Waals surface area contributed by atoms with E-state index in [1.165, 1.54) is 25.7 Å². The highest BCUT2D eigenvalue weighted by Crippen LogP contribution is 2.49. The summed E-state index contributed by atoms with van der Waals surface area (Å²) in [7, 11) is 1.80. The Labute approximate surface area is 118 Å². The van der Waals surface area contributed by atoms with Gasteiger partial charge in [-0.1, -0.05) is 13.8 Å². The summed E-state index contributed by atoms with van der Waals surface area (Å²) in [6.45, 7) is 8.61. The van der Waals surface area contributed by atoms with E-state index in [0.29, 0.717) is 11.5 Å². The van der Waals surface area contributed by atoms with Gasteiger partial charge in [-0.2, -0.15) is 0 Å². The van der Waals surface area contributed by atoms with E-state index in [1.54, 1.807) is 7.11 Å². The lowest BCUT2D eigenvalue weighted by molar-refractivity contribution is 0.0221. The Morgan fingerprint density at radius 2 is 2.16 bits per heavy atom. The van der Waals surface area contributed by atoms with Gasteiger partial charge in [-0.3, -0.25) is 0 Å². The van der Waals surface area contributed by atoms with Crippen molar-refractivity contribution >= 4 is 0 Å². The van der Waals surface area contributed by atoms with Crippen LogP contribution in [0.2, 0.25) is 0 Å². The van der Waals surface area contributed by atoms with Crippen LogP contribution in [-0.4, -0.2) is 39.5 Å². The summed E-state index contributed by atoms with van der Waals surface area (Å²) in [6, 6.07) is 0. The fraction of sp³-hybridized carbons (Fsp3) is 1.00. The Bertz CT molecular complexity index is 265. The summed E-state index contributed by atoms with van der Waals surface area (Å²) < 4.78 is 11.3. The van der Waals surface area contributed by atoms with Gasteiger partial charge in [-0.05, 0) is 50.5 Å². The summed E-state index contributed by atoms with van der Waals surface area (Å²) in [5, 5.41) is 3.69. The number of methoxy groups -OCH3 is 1. The molecule has 0 aromatic heterocycles. The Morgan fingerprint density at radius 3 is 2.79 bits per heavy atom. The fourth-order valence-corrected chi connectivity index (χ4v) is 3.47. The normalized spacial score (nSPS) is 31.3. The average Bonchev–Trinajstić information content (AvgIpc) is 3.12. The lowest BCUT2D eigenvalue weighted by Crippen LogP contribution is -2.43. The van der Waals surface area contributed by atoms with Gasteiger partial charge in [0.15, 0.2) is 0 Å². The lowest BCUT2D eigenvalue weighted by Gasteiger charge is -2.35. The van der Waals surface area contributed by atoms with Crippen molar-refractivity contribution in [2.45, 2.75) is 52.1 Å². The molecule has 2 rings (SSSR count). The van der Waals surface area contributed by atoms with E-state index < -0.39 is 0 Å². The van der Waals surface area contributed by atoms with E-state index in [1.807, 2.05) is 0 Å². The van der Waals surface area contributed by atoms with Crippen LogP contribution in [0.3, 0.4) is 0 Å². The second-order valence-corrected chi connectivity index (χ2v) is 6.86. The van der Waals surface area contributed by atoms with Crippen molar-refractivity contribution in [3.63, 3.8) is 0 Å². The molecule has 0 spiro atoms. The lowest BCUT2D eigenvalue weighted by atomic mass is 9.75. The van der Waals surface area contributed by atoms with Crippen molar-refractivity contribution in [1.29, 1.82) is 0 Å². The highest BCUT2D eigenvalue weighted by Gasteiger charge is 2.50. The zero-order chi connectivity index (χ0) is 13.7. The third-order valence-corrected chi connectivity index (χ3v) is 4.60. The first-order chi connectivity index (χ1) is 9.18. The predicted octanol–water partition coefficient (Wildman–Crippen LogP) is 2.84. The molecular formula is C16H31NO2. The second-order valence-electron chi connectivity index (χ2n) is 6.86. The van der Waals surface area contributed by atoms with Crippen LogP contribution < -0.4 is 5.32 Å². The van der Waals surface area contributed by atoms with Crippen molar-refractivity contribution in [2.24, 2.45) is 17.3 Å². The van der Waals surface area contributed by atoms with Crippen LogP contribution in [0.25, 0.3) is 0 Å². The van der Waals surface area contributed by atoms with E-state index in [0.717, 1.165) is 44.6 Å². The van der Waals surface area contributed by atoms with E-state index >= 15 is 0 Å². The van der Waals surface area contributed by atoms with Gasteiger partial charge < -0.3 is 14.8 Å². The average molecular weight is 269 g/mol. The maximum atomic E-state index is 6.10. The molecule has 3 nitrogen and oxygen atoms in total. The van der Waals surface area contributed by atoms with Crippen molar-refractivity contribution in [1.82, 2.24) is 5.32 Å². The Balaban J connectivity index is 1.90. The van der Waals surface area contributed by atoms with Crippen LogP contribution in [0.15, 0.2) is 0 Å². The summed E-state index contributed by atoms with van der Waals surface area (Å²) in [6.07, 6.45) is 6.88. The molecule has 3 heteroatoms. The maximum Gasteiger partial charge on any atom is 0.0672 e. The van der Waals surface area contributed by atoms with Gasteiger partial charge in [0.25, 0.3) is 0 Å². The molecule has 0 bridgehead atoms. The first kappa shape index (κ1) is 15.3. The van der Waals surface area contributed by atoms with E-state index in [2.05, 4.69) is 19.2 Å². The molecule has 2 atom stereocenters. The quantitative estimate of drug-likeness (QED) is 0.653. The highest BCUT2D eigenvalue weighted by atomic mass is 16.5. The van der Waals surface area contributed by atoms with E-state index in [-0.39, 0.29) is 0 Å². The first-order valence-electron chi connectivity index (χ1n) is 7.99. The van der Waals surface area contributed by atoms with Crippen molar-refractivity contribution in [3.8, 4) is 0 Å².